The third kappa shape index (κ3) is 3.48. The second kappa shape index (κ2) is 5.95. The van der Waals surface area contributed by atoms with Crippen LogP contribution in [-0.2, 0) is 14.8 Å². The van der Waals surface area contributed by atoms with Crippen LogP contribution in [0.5, 0.6) is 0 Å². The summed E-state index contributed by atoms with van der Waals surface area (Å²) in [7, 11) is -4.06. The van der Waals surface area contributed by atoms with Crippen LogP contribution in [0.4, 0.5) is 4.39 Å². The molecule has 0 saturated carbocycles. The van der Waals surface area contributed by atoms with Crippen molar-refractivity contribution in [3.05, 3.63) is 29.0 Å². The van der Waals surface area contributed by atoms with Gasteiger partial charge in [0.25, 0.3) is 0 Å². The summed E-state index contributed by atoms with van der Waals surface area (Å²) in [5.74, 6) is -0.999. The van der Waals surface area contributed by atoms with E-state index in [1.165, 1.54) is 12.1 Å². The van der Waals surface area contributed by atoms with Gasteiger partial charge in [-0.1, -0.05) is 17.7 Å². The van der Waals surface area contributed by atoms with Crippen molar-refractivity contribution < 1.29 is 22.7 Å². The minimum absolute atomic E-state index is 0.190. The predicted molar refractivity (Wildman–Crippen MR) is 71.6 cm³/mol. The van der Waals surface area contributed by atoms with Gasteiger partial charge in [-0.05, 0) is 12.1 Å². The van der Waals surface area contributed by atoms with Crippen molar-refractivity contribution in [2.75, 3.05) is 19.8 Å². The molecule has 1 fully saturated rings. The lowest BCUT2D eigenvalue weighted by molar-refractivity contribution is -0.0588. The minimum atomic E-state index is -4.06. The predicted octanol–water partition coefficient (Wildman–Crippen LogP) is 1.30. The van der Waals surface area contributed by atoms with Crippen LogP contribution in [0, 0.1) is 5.82 Å². The molecule has 8 heteroatoms. The van der Waals surface area contributed by atoms with Crippen molar-refractivity contribution in [1.29, 1.82) is 0 Å². The average molecular weight is 324 g/mol. The highest BCUT2D eigenvalue weighted by Gasteiger charge is 2.32. The molecule has 0 amide bonds. The van der Waals surface area contributed by atoms with E-state index in [-0.39, 0.29) is 11.6 Å². The molecule has 20 heavy (non-hydrogen) atoms. The van der Waals surface area contributed by atoms with Crippen molar-refractivity contribution in [2.24, 2.45) is 0 Å². The van der Waals surface area contributed by atoms with Crippen LogP contribution in [0.2, 0.25) is 5.02 Å². The van der Waals surface area contributed by atoms with Crippen LogP contribution in [0.25, 0.3) is 0 Å². The Balaban J connectivity index is 2.13. The molecule has 5 nitrogen and oxygen atoms in total. The molecule has 0 bridgehead atoms. The molecule has 2 rings (SSSR count). The van der Waals surface area contributed by atoms with Crippen molar-refractivity contribution in [2.45, 2.75) is 23.3 Å². The molecule has 0 aromatic heterocycles. The molecule has 0 aliphatic carbocycles. The van der Waals surface area contributed by atoms with Gasteiger partial charge in [-0.25, -0.2) is 17.5 Å². The van der Waals surface area contributed by atoms with Crippen LogP contribution >= 0.6 is 11.6 Å². The van der Waals surface area contributed by atoms with Gasteiger partial charge in [-0.3, -0.25) is 0 Å². The van der Waals surface area contributed by atoms with Crippen LogP contribution in [0.15, 0.2) is 23.1 Å². The van der Waals surface area contributed by atoms with E-state index in [0.717, 1.165) is 6.07 Å². The molecular weight excluding hydrogens is 309 g/mol. The normalized spacial score (nSPS) is 18.9. The van der Waals surface area contributed by atoms with Gasteiger partial charge < -0.3 is 9.84 Å². The van der Waals surface area contributed by atoms with E-state index in [9.17, 15) is 17.9 Å². The maximum atomic E-state index is 13.7. The second-order valence-electron chi connectivity index (χ2n) is 4.71. The van der Waals surface area contributed by atoms with Gasteiger partial charge in [0.15, 0.2) is 5.82 Å². The van der Waals surface area contributed by atoms with Gasteiger partial charge in [0.05, 0.1) is 10.6 Å². The first kappa shape index (κ1) is 15.7. The number of hydrogen-bond acceptors (Lipinski definition) is 4. The summed E-state index contributed by atoms with van der Waals surface area (Å²) in [4.78, 5) is -0.527. The van der Waals surface area contributed by atoms with Crippen LogP contribution in [0.3, 0.4) is 0 Å². The Kier molecular flexibility index (Phi) is 4.66. The average Bonchev–Trinajstić information content (AvgIpc) is 2.41. The van der Waals surface area contributed by atoms with E-state index >= 15 is 0 Å². The number of nitrogens with one attached hydrogen (secondary N) is 1. The van der Waals surface area contributed by atoms with E-state index in [0.29, 0.717) is 26.1 Å². The highest BCUT2D eigenvalue weighted by Crippen LogP contribution is 2.23. The summed E-state index contributed by atoms with van der Waals surface area (Å²) < 4.78 is 45.1. The highest BCUT2D eigenvalue weighted by molar-refractivity contribution is 7.89. The van der Waals surface area contributed by atoms with E-state index in [4.69, 9.17) is 16.3 Å². The fourth-order valence-corrected chi connectivity index (χ4v) is 3.38. The zero-order valence-electron chi connectivity index (χ0n) is 10.6. The van der Waals surface area contributed by atoms with E-state index in [1.807, 2.05) is 0 Å². The third-order valence-electron chi connectivity index (χ3n) is 3.22. The largest absolute Gasteiger partial charge is 0.388 e. The third-order valence-corrected chi connectivity index (χ3v) is 4.93. The zero-order chi connectivity index (χ0) is 14.8. The Labute approximate surface area is 121 Å². The quantitative estimate of drug-likeness (QED) is 0.875. The molecule has 1 saturated heterocycles. The molecule has 1 aliphatic rings. The second-order valence-corrected chi connectivity index (χ2v) is 6.86. The number of sulfonamides is 1. The molecule has 112 valence electrons. The summed E-state index contributed by atoms with van der Waals surface area (Å²) in [5.41, 5.74) is -1.17. The van der Waals surface area contributed by atoms with Crippen molar-refractivity contribution in [3.63, 3.8) is 0 Å². The fourth-order valence-electron chi connectivity index (χ4n) is 1.93. The number of rotatable bonds is 4. The van der Waals surface area contributed by atoms with Gasteiger partial charge >= 0.3 is 0 Å². The number of halogens is 2. The summed E-state index contributed by atoms with van der Waals surface area (Å²) in [5, 5.41) is 9.91. The standard InChI is InChI=1S/C12H15ClFNO4S/c13-9-2-1-3-10(11(9)14)20(17,18)15-8-12(16)4-6-19-7-5-12/h1-3,15-16H,4-8H2. The van der Waals surface area contributed by atoms with Crippen molar-refractivity contribution in [1.82, 2.24) is 4.72 Å². The lowest BCUT2D eigenvalue weighted by Gasteiger charge is -2.31. The lowest BCUT2D eigenvalue weighted by atomic mass is 9.95. The molecule has 0 spiro atoms. The van der Waals surface area contributed by atoms with Crippen LogP contribution in [-0.4, -0.2) is 38.9 Å². The topological polar surface area (TPSA) is 75.6 Å². The Bertz CT molecular complexity index is 587. The maximum Gasteiger partial charge on any atom is 0.243 e. The van der Waals surface area contributed by atoms with Crippen molar-refractivity contribution in [3.8, 4) is 0 Å². The fraction of sp³-hybridized carbons (Fsp3) is 0.500. The summed E-state index contributed by atoms with van der Waals surface area (Å²) in [6.45, 7) is 0.540. The number of hydrogen-bond donors (Lipinski definition) is 2. The molecule has 2 N–H and O–H groups in total. The molecule has 0 unspecified atom stereocenters. The monoisotopic (exact) mass is 323 g/mol. The number of aliphatic hydroxyl groups is 1. The molecule has 0 radical (unpaired) electrons. The zero-order valence-corrected chi connectivity index (χ0v) is 12.2. The Morgan fingerprint density at radius 3 is 2.70 bits per heavy atom. The molecule has 0 atom stereocenters. The van der Waals surface area contributed by atoms with Gasteiger partial charge in [0, 0.05) is 32.6 Å². The molecule has 1 aromatic rings. The van der Waals surface area contributed by atoms with Crippen LogP contribution < -0.4 is 4.72 Å². The smallest absolute Gasteiger partial charge is 0.243 e. The first-order chi connectivity index (χ1) is 9.34. The first-order valence-corrected chi connectivity index (χ1v) is 7.94. The molecular formula is C12H15ClFNO4S. The summed E-state index contributed by atoms with van der Waals surface area (Å²) in [6, 6.07) is 3.74. The van der Waals surface area contributed by atoms with Gasteiger partial charge in [-0.2, -0.15) is 0 Å². The molecule has 1 aromatic carbocycles. The van der Waals surface area contributed by atoms with E-state index < -0.39 is 26.3 Å². The summed E-state index contributed by atoms with van der Waals surface area (Å²) in [6.07, 6.45) is 0.654. The number of benzene rings is 1. The highest BCUT2D eigenvalue weighted by atomic mass is 35.5. The Morgan fingerprint density at radius 2 is 2.05 bits per heavy atom. The number of ether oxygens (including phenoxy) is 1. The Hall–Kier alpha value is -0.730. The molecule has 1 heterocycles. The molecule has 1 aliphatic heterocycles. The lowest BCUT2D eigenvalue weighted by Crippen LogP contribution is -2.46. The van der Waals surface area contributed by atoms with Crippen molar-refractivity contribution >= 4 is 21.6 Å². The van der Waals surface area contributed by atoms with Crippen LogP contribution in [0.1, 0.15) is 12.8 Å². The summed E-state index contributed by atoms with van der Waals surface area (Å²) >= 11 is 5.56. The minimum Gasteiger partial charge on any atom is -0.388 e. The SMILES string of the molecule is O=S(=O)(NCC1(O)CCOCC1)c1cccc(Cl)c1F. The Morgan fingerprint density at radius 1 is 1.40 bits per heavy atom. The van der Waals surface area contributed by atoms with E-state index in [1.54, 1.807) is 0 Å². The van der Waals surface area contributed by atoms with Gasteiger partial charge in [0.1, 0.15) is 4.90 Å². The maximum absolute atomic E-state index is 13.7. The van der Waals surface area contributed by atoms with Gasteiger partial charge in [0.2, 0.25) is 10.0 Å². The van der Waals surface area contributed by atoms with Gasteiger partial charge in [-0.15, -0.1) is 0 Å². The first-order valence-electron chi connectivity index (χ1n) is 6.08. The van der Waals surface area contributed by atoms with E-state index in [2.05, 4.69) is 4.72 Å².